The molecule has 0 aliphatic heterocycles. The topological polar surface area (TPSA) is 77.7 Å². The Morgan fingerprint density at radius 3 is 2.39 bits per heavy atom. The second-order valence-corrected chi connectivity index (χ2v) is 7.38. The molecule has 0 N–H and O–H groups in total. The van der Waals surface area contributed by atoms with Crippen molar-refractivity contribution in [2.45, 2.75) is 17.2 Å². The summed E-state index contributed by atoms with van der Waals surface area (Å²) in [4.78, 5) is 0.191. The summed E-state index contributed by atoms with van der Waals surface area (Å²) in [5.74, 6) is 0.0258. The highest BCUT2D eigenvalue weighted by Gasteiger charge is 2.20. The van der Waals surface area contributed by atoms with Crippen LogP contribution in [-0.4, -0.2) is 28.6 Å². The van der Waals surface area contributed by atoms with Crippen LogP contribution in [0.4, 0.5) is 0 Å². The second kappa shape index (κ2) is 6.47. The van der Waals surface area contributed by atoms with E-state index >= 15 is 0 Å². The summed E-state index contributed by atoms with van der Waals surface area (Å²) in [6.07, 6.45) is 0. The molecule has 8 heteroatoms. The molecule has 3 rings (SSSR count). The molecular weight excluding hydrogens is 336 g/mol. The molecule has 0 unspecified atom stereocenters. The molecule has 0 aliphatic carbocycles. The lowest BCUT2D eigenvalue weighted by Gasteiger charge is -2.06. The van der Waals surface area contributed by atoms with Crippen LogP contribution in [0.15, 0.2) is 59.5 Å². The van der Waals surface area contributed by atoms with Crippen molar-refractivity contribution in [2.24, 2.45) is 0 Å². The number of halogens is 1. The van der Waals surface area contributed by atoms with E-state index in [2.05, 4.69) is 15.5 Å². The summed E-state index contributed by atoms with van der Waals surface area (Å²) >= 11 is 5.79. The van der Waals surface area contributed by atoms with Gasteiger partial charge in [0, 0.05) is 5.02 Å². The Balaban J connectivity index is 1.83. The molecule has 0 bridgehead atoms. The van der Waals surface area contributed by atoms with Gasteiger partial charge >= 0.3 is 0 Å². The van der Waals surface area contributed by atoms with Crippen molar-refractivity contribution in [1.29, 1.82) is 0 Å². The fourth-order valence-electron chi connectivity index (χ4n) is 2.10. The van der Waals surface area contributed by atoms with Gasteiger partial charge in [-0.05, 0) is 40.3 Å². The highest BCUT2D eigenvalue weighted by atomic mass is 35.5. The quantitative estimate of drug-likeness (QED) is 0.707. The molecule has 23 heavy (non-hydrogen) atoms. The van der Waals surface area contributed by atoms with Crippen molar-refractivity contribution >= 4 is 21.4 Å². The third kappa shape index (κ3) is 3.75. The van der Waals surface area contributed by atoms with Crippen LogP contribution in [0, 0.1) is 0 Å². The van der Waals surface area contributed by atoms with Crippen molar-refractivity contribution in [3.8, 4) is 0 Å². The molecule has 1 heterocycles. The van der Waals surface area contributed by atoms with E-state index in [0.29, 0.717) is 17.4 Å². The normalized spacial score (nSPS) is 11.5. The van der Waals surface area contributed by atoms with Gasteiger partial charge in [0.25, 0.3) is 0 Å². The molecule has 118 valence electrons. The van der Waals surface area contributed by atoms with Gasteiger partial charge in [-0.1, -0.05) is 41.9 Å². The van der Waals surface area contributed by atoms with Crippen LogP contribution in [0.1, 0.15) is 11.4 Å². The molecule has 3 aromatic rings. The van der Waals surface area contributed by atoms with E-state index in [9.17, 15) is 8.42 Å². The second-order valence-electron chi connectivity index (χ2n) is 4.95. The molecule has 2 aromatic carbocycles. The lowest BCUT2D eigenvalue weighted by atomic mass is 10.2. The maximum Gasteiger partial charge on any atom is 0.185 e. The van der Waals surface area contributed by atoms with Crippen LogP contribution >= 0.6 is 11.6 Å². The zero-order chi connectivity index (χ0) is 16.3. The highest BCUT2D eigenvalue weighted by Crippen LogP contribution is 2.18. The van der Waals surface area contributed by atoms with Crippen molar-refractivity contribution in [1.82, 2.24) is 20.2 Å². The Kier molecular flexibility index (Phi) is 4.40. The predicted molar refractivity (Wildman–Crippen MR) is 85.7 cm³/mol. The van der Waals surface area contributed by atoms with Gasteiger partial charge in [0.1, 0.15) is 5.75 Å². The Morgan fingerprint density at radius 1 is 1.00 bits per heavy atom. The van der Waals surface area contributed by atoms with Crippen LogP contribution in [0.3, 0.4) is 0 Å². The number of nitrogens with zero attached hydrogens (tertiary/aromatic N) is 4. The summed E-state index contributed by atoms with van der Waals surface area (Å²) in [7, 11) is -3.54. The smallest absolute Gasteiger partial charge is 0.185 e. The summed E-state index contributed by atoms with van der Waals surface area (Å²) < 4.78 is 26.4. The molecule has 0 saturated carbocycles. The Morgan fingerprint density at radius 2 is 1.70 bits per heavy atom. The van der Waals surface area contributed by atoms with Gasteiger partial charge in [0.15, 0.2) is 15.7 Å². The molecule has 0 atom stereocenters. The van der Waals surface area contributed by atoms with Crippen LogP contribution in [-0.2, 0) is 22.1 Å². The zero-order valence-electron chi connectivity index (χ0n) is 12.0. The lowest BCUT2D eigenvalue weighted by molar-refractivity contribution is 0.585. The average molecular weight is 349 g/mol. The number of tetrazole rings is 1. The number of aromatic nitrogens is 4. The third-order valence-corrected chi connectivity index (χ3v) is 5.15. The fourth-order valence-corrected chi connectivity index (χ4v) is 3.49. The molecule has 0 aliphatic rings. The average Bonchev–Trinajstić information content (AvgIpc) is 2.95. The number of hydrogen-bond acceptors (Lipinski definition) is 5. The van der Waals surface area contributed by atoms with Gasteiger partial charge in [-0.25, -0.2) is 13.1 Å². The first-order valence-corrected chi connectivity index (χ1v) is 8.85. The van der Waals surface area contributed by atoms with E-state index in [0.717, 1.165) is 5.56 Å². The van der Waals surface area contributed by atoms with Crippen molar-refractivity contribution < 1.29 is 8.42 Å². The van der Waals surface area contributed by atoms with Crippen LogP contribution in [0.25, 0.3) is 0 Å². The summed E-state index contributed by atoms with van der Waals surface area (Å²) in [6.45, 7) is 0.416. The molecule has 0 saturated heterocycles. The number of rotatable bonds is 5. The van der Waals surface area contributed by atoms with E-state index in [4.69, 9.17) is 11.6 Å². The first-order valence-electron chi connectivity index (χ1n) is 6.82. The van der Waals surface area contributed by atoms with Crippen LogP contribution in [0.5, 0.6) is 0 Å². The first-order chi connectivity index (χ1) is 11.0. The van der Waals surface area contributed by atoms with Crippen LogP contribution < -0.4 is 0 Å². The molecule has 1 aromatic heterocycles. The minimum atomic E-state index is -3.54. The monoisotopic (exact) mass is 348 g/mol. The SMILES string of the molecule is O=S(=O)(Cc1nnnn1Cc1ccccc1)c1ccc(Cl)cc1. The predicted octanol–water partition coefficient (Wildman–Crippen LogP) is 2.35. The lowest BCUT2D eigenvalue weighted by Crippen LogP contribution is -2.13. The van der Waals surface area contributed by atoms with Gasteiger partial charge in [-0.3, -0.25) is 0 Å². The molecular formula is C15H13ClN4O2S. The Labute approximate surface area is 138 Å². The van der Waals surface area contributed by atoms with Crippen molar-refractivity contribution in [3.63, 3.8) is 0 Å². The Bertz CT molecular complexity index is 893. The molecule has 0 radical (unpaired) electrons. The summed E-state index contributed by atoms with van der Waals surface area (Å²) in [5, 5.41) is 11.8. The zero-order valence-corrected chi connectivity index (χ0v) is 13.6. The molecule has 0 amide bonds. The van der Waals surface area contributed by atoms with Crippen LogP contribution in [0.2, 0.25) is 5.02 Å². The number of sulfone groups is 1. The first kappa shape index (κ1) is 15.6. The van der Waals surface area contributed by atoms with Gasteiger partial charge in [-0.15, -0.1) is 5.10 Å². The van der Waals surface area contributed by atoms with E-state index in [-0.39, 0.29) is 10.6 Å². The maximum atomic E-state index is 12.5. The molecule has 0 fully saturated rings. The van der Waals surface area contributed by atoms with E-state index in [1.54, 1.807) is 12.1 Å². The Hall–Kier alpha value is -2.25. The van der Waals surface area contributed by atoms with Crippen molar-refractivity contribution in [3.05, 3.63) is 71.0 Å². The number of hydrogen-bond donors (Lipinski definition) is 0. The van der Waals surface area contributed by atoms with E-state index in [1.165, 1.54) is 16.8 Å². The molecule has 0 spiro atoms. The van der Waals surface area contributed by atoms with Gasteiger partial charge in [0.05, 0.1) is 11.4 Å². The van der Waals surface area contributed by atoms with Gasteiger partial charge in [0.2, 0.25) is 0 Å². The molecule has 6 nitrogen and oxygen atoms in total. The standard InChI is InChI=1S/C15H13ClN4O2S/c16-13-6-8-14(9-7-13)23(21,22)11-15-17-18-19-20(15)10-12-4-2-1-3-5-12/h1-9H,10-11H2. The maximum absolute atomic E-state index is 12.5. The van der Waals surface area contributed by atoms with Crippen molar-refractivity contribution in [2.75, 3.05) is 0 Å². The van der Waals surface area contributed by atoms with E-state index in [1.807, 2.05) is 30.3 Å². The fraction of sp³-hybridized carbons (Fsp3) is 0.133. The van der Waals surface area contributed by atoms with E-state index < -0.39 is 9.84 Å². The summed E-state index contributed by atoms with van der Waals surface area (Å²) in [5.41, 5.74) is 0.991. The largest absolute Gasteiger partial charge is 0.224 e. The minimum Gasteiger partial charge on any atom is -0.224 e. The highest BCUT2D eigenvalue weighted by molar-refractivity contribution is 7.90. The van der Waals surface area contributed by atoms with Gasteiger partial charge in [-0.2, -0.15) is 0 Å². The minimum absolute atomic E-state index is 0.191. The summed E-state index contributed by atoms with van der Waals surface area (Å²) in [6, 6.07) is 15.6. The van der Waals surface area contributed by atoms with Gasteiger partial charge < -0.3 is 0 Å². The number of benzene rings is 2. The third-order valence-electron chi connectivity index (χ3n) is 3.27.